The molecule has 38 heavy (non-hydrogen) atoms. The van der Waals surface area contributed by atoms with Crippen LogP contribution in [0.2, 0.25) is 0 Å². The molecule has 3 rings (SSSR count). The minimum Gasteiger partial charge on any atom is -0.494 e. The van der Waals surface area contributed by atoms with Crippen molar-refractivity contribution in [3.63, 3.8) is 0 Å². The quantitative estimate of drug-likeness (QED) is 0.364. The van der Waals surface area contributed by atoms with E-state index >= 15 is 0 Å². The molecule has 1 aromatic rings. The van der Waals surface area contributed by atoms with E-state index in [1.807, 2.05) is 6.92 Å². The number of ketones is 1. The normalized spacial score (nSPS) is 17.0. The lowest BCUT2D eigenvalue weighted by atomic mass is 10.1. The maximum atomic E-state index is 13.7. The lowest BCUT2D eigenvalue weighted by molar-refractivity contribution is -0.141. The summed E-state index contributed by atoms with van der Waals surface area (Å²) in [7, 11) is 4.45. The maximum absolute atomic E-state index is 13.7. The molecular formula is C28H36FN5O4. The van der Waals surface area contributed by atoms with Crippen molar-refractivity contribution >= 4 is 23.3 Å². The van der Waals surface area contributed by atoms with Crippen molar-refractivity contribution in [3.05, 3.63) is 71.5 Å². The van der Waals surface area contributed by atoms with Crippen LogP contribution in [0.15, 0.2) is 65.3 Å². The summed E-state index contributed by atoms with van der Waals surface area (Å²) in [5.41, 5.74) is 1.40. The molecule has 0 N–H and O–H groups in total. The molecule has 1 fully saturated rings. The zero-order chi connectivity index (χ0) is 27.8. The molecule has 0 bridgehead atoms. The Hall–Kier alpha value is -3.79. The molecule has 0 aromatic heterocycles. The van der Waals surface area contributed by atoms with Gasteiger partial charge < -0.3 is 14.5 Å². The second-order valence-electron chi connectivity index (χ2n) is 9.42. The number of carbonyl (C=O) groups excluding carboxylic acids is 3. The van der Waals surface area contributed by atoms with E-state index in [-0.39, 0.29) is 28.9 Å². The number of hydrogen-bond donors (Lipinski definition) is 0. The molecule has 0 radical (unpaired) electrons. The number of amides is 2. The molecule has 0 atom stereocenters. The number of benzene rings is 1. The van der Waals surface area contributed by atoms with Crippen LogP contribution in [0, 0.1) is 5.82 Å². The third-order valence-corrected chi connectivity index (χ3v) is 6.31. The molecule has 2 heterocycles. The van der Waals surface area contributed by atoms with Gasteiger partial charge in [0.2, 0.25) is 0 Å². The van der Waals surface area contributed by atoms with Crippen LogP contribution in [0.1, 0.15) is 31.7 Å². The first kappa shape index (κ1) is 28.8. The average molecular weight is 526 g/mol. The Morgan fingerprint density at radius 2 is 1.84 bits per heavy atom. The molecule has 2 aliphatic heterocycles. The van der Waals surface area contributed by atoms with Crippen LogP contribution >= 0.6 is 0 Å². The molecule has 0 spiro atoms. The SMILES string of the molecule is C=C1C=C(OC)C(C(=O)N2CCCN(Cc3ccc(F)cc3)CC2)=NN1/C(=C\CCC)C(=O)C(=O)N(C)C. The number of carbonyl (C=O) groups is 3. The standard InChI is InChI=1S/C28H36FN5O4/c1-6-7-9-23(26(35)28(37)31(3)4)34-20(2)18-24(38-5)25(30-34)27(36)33-15-8-14-32(16-17-33)19-21-10-12-22(29)13-11-21/h9-13,18H,2,6-8,14-17,19H2,1,3-5H3/b23-9-. The number of allylic oxidation sites excluding steroid dienone is 2. The number of likely N-dealkylation sites (N-methyl/N-ethyl adjacent to an activating group) is 1. The lowest BCUT2D eigenvalue weighted by Crippen LogP contribution is -2.43. The van der Waals surface area contributed by atoms with E-state index in [4.69, 9.17) is 4.74 Å². The Morgan fingerprint density at radius 1 is 1.13 bits per heavy atom. The number of nitrogens with zero attached hydrogens (tertiary/aromatic N) is 5. The molecule has 2 amide bonds. The van der Waals surface area contributed by atoms with Crippen LogP contribution in [0.25, 0.3) is 0 Å². The number of Topliss-reactive ketones (excluding diaryl/α,β-unsaturated/α-hetero) is 1. The number of hydrazone groups is 1. The summed E-state index contributed by atoms with van der Waals surface area (Å²) in [6.45, 7) is 9.00. The highest BCUT2D eigenvalue weighted by Gasteiger charge is 2.34. The second kappa shape index (κ2) is 13.1. The Balaban J connectivity index is 1.82. The molecule has 9 nitrogen and oxygen atoms in total. The van der Waals surface area contributed by atoms with Crippen LogP contribution in [0.4, 0.5) is 4.39 Å². The van der Waals surface area contributed by atoms with Gasteiger partial charge in [-0.25, -0.2) is 9.40 Å². The summed E-state index contributed by atoms with van der Waals surface area (Å²) in [6, 6.07) is 6.43. The van der Waals surface area contributed by atoms with Gasteiger partial charge in [0.1, 0.15) is 11.5 Å². The summed E-state index contributed by atoms with van der Waals surface area (Å²) in [6.07, 6.45) is 5.24. The topological polar surface area (TPSA) is 85.8 Å². The highest BCUT2D eigenvalue weighted by Crippen LogP contribution is 2.25. The number of halogens is 1. The van der Waals surface area contributed by atoms with Crippen molar-refractivity contribution < 1.29 is 23.5 Å². The molecule has 2 aliphatic rings. The maximum Gasteiger partial charge on any atom is 0.296 e. The number of hydrogen-bond acceptors (Lipinski definition) is 7. The van der Waals surface area contributed by atoms with E-state index in [1.54, 1.807) is 29.2 Å². The molecule has 0 unspecified atom stereocenters. The fraction of sp³-hybridized carbons (Fsp3) is 0.429. The Morgan fingerprint density at radius 3 is 2.47 bits per heavy atom. The predicted octanol–water partition coefficient (Wildman–Crippen LogP) is 2.92. The Kier molecular flexibility index (Phi) is 9.95. The summed E-state index contributed by atoms with van der Waals surface area (Å²) < 4.78 is 18.7. The van der Waals surface area contributed by atoms with Crippen LogP contribution < -0.4 is 0 Å². The van der Waals surface area contributed by atoms with E-state index in [1.165, 1.54) is 43.2 Å². The van der Waals surface area contributed by atoms with Crippen molar-refractivity contribution in [2.45, 2.75) is 32.7 Å². The van der Waals surface area contributed by atoms with Gasteiger partial charge >= 0.3 is 0 Å². The number of rotatable bonds is 9. The third kappa shape index (κ3) is 6.95. The highest BCUT2D eigenvalue weighted by atomic mass is 19.1. The number of methoxy groups -OCH3 is 1. The summed E-state index contributed by atoms with van der Waals surface area (Å²) in [4.78, 5) is 44.3. The van der Waals surface area contributed by atoms with Gasteiger partial charge in [-0.15, -0.1) is 0 Å². The van der Waals surface area contributed by atoms with Gasteiger partial charge in [-0.2, -0.15) is 5.10 Å². The average Bonchev–Trinajstić information content (AvgIpc) is 3.15. The van der Waals surface area contributed by atoms with E-state index in [2.05, 4.69) is 16.6 Å². The lowest BCUT2D eigenvalue weighted by Gasteiger charge is -2.29. The molecule has 0 aliphatic carbocycles. The van der Waals surface area contributed by atoms with Crippen molar-refractivity contribution in [1.29, 1.82) is 0 Å². The van der Waals surface area contributed by atoms with Crippen LogP contribution in [0.5, 0.6) is 0 Å². The molecular weight excluding hydrogens is 489 g/mol. The van der Waals surface area contributed by atoms with Crippen molar-refractivity contribution in [1.82, 2.24) is 19.7 Å². The van der Waals surface area contributed by atoms with E-state index in [9.17, 15) is 18.8 Å². The zero-order valence-electron chi connectivity index (χ0n) is 22.6. The fourth-order valence-corrected chi connectivity index (χ4v) is 4.21. The summed E-state index contributed by atoms with van der Waals surface area (Å²) in [5, 5.41) is 5.75. The minimum atomic E-state index is -0.736. The first-order valence-corrected chi connectivity index (χ1v) is 12.7. The smallest absolute Gasteiger partial charge is 0.296 e. The second-order valence-corrected chi connectivity index (χ2v) is 9.42. The van der Waals surface area contributed by atoms with Crippen LogP contribution in [-0.2, 0) is 25.7 Å². The predicted molar refractivity (Wildman–Crippen MR) is 143 cm³/mol. The van der Waals surface area contributed by atoms with E-state index < -0.39 is 11.7 Å². The van der Waals surface area contributed by atoms with Gasteiger partial charge in [0, 0.05) is 52.9 Å². The molecule has 1 aromatic carbocycles. The first-order chi connectivity index (χ1) is 18.2. The van der Waals surface area contributed by atoms with Gasteiger partial charge in [-0.05, 0) is 30.5 Å². The van der Waals surface area contributed by atoms with Gasteiger partial charge in [-0.3, -0.25) is 19.3 Å². The summed E-state index contributed by atoms with van der Waals surface area (Å²) >= 11 is 0. The number of unbranched alkanes of at least 4 members (excludes halogenated alkanes) is 1. The molecule has 10 heteroatoms. The summed E-state index contributed by atoms with van der Waals surface area (Å²) in [5.74, 6) is -1.79. The minimum absolute atomic E-state index is 0.0411. The van der Waals surface area contributed by atoms with Crippen molar-refractivity contribution in [2.24, 2.45) is 5.10 Å². The Labute approximate surface area is 223 Å². The Bertz CT molecular complexity index is 1160. The van der Waals surface area contributed by atoms with Gasteiger partial charge in [0.05, 0.1) is 12.8 Å². The largest absolute Gasteiger partial charge is 0.494 e. The van der Waals surface area contributed by atoms with Gasteiger partial charge in [-0.1, -0.05) is 38.1 Å². The molecule has 204 valence electrons. The van der Waals surface area contributed by atoms with Crippen molar-refractivity contribution in [2.75, 3.05) is 47.4 Å². The molecule has 0 saturated carbocycles. The fourth-order valence-electron chi connectivity index (χ4n) is 4.21. The van der Waals surface area contributed by atoms with E-state index in [0.717, 1.165) is 24.9 Å². The van der Waals surface area contributed by atoms with Gasteiger partial charge in [0.25, 0.3) is 17.6 Å². The van der Waals surface area contributed by atoms with Crippen molar-refractivity contribution in [3.8, 4) is 0 Å². The van der Waals surface area contributed by atoms with Gasteiger partial charge in [0.15, 0.2) is 11.5 Å². The third-order valence-electron chi connectivity index (χ3n) is 6.31. The first-order valence-electron chi connectivity index (χ1n) is 12.7. The molecule has 1 saturated heterocycles. The van der Waals surface area contributed by atoms with Crippen LogP contribution in [-0.4, -0.2) is 90.4 Å². The van der Waals surface area contributed by atoms with E-state index in [0.29, 0.717) is 38.3 Å². The monoisotopic (exact) mass is 525 g/mol. The van der Waals surface area contributed by atoms with Crippen LogP contribution in [0.3, 0.4) is 0 Å². The number of ether oxygens (including phenoxy) is 1. The zero-order valence-corrected chi connectivity index (χ0v) is 22.6. The highest BCUT2D eigenvalue weighted by molar-refractivity contribution is 6.45.